The Bertz CT molecular complexity index is 2880. The fourth-order valence-electron chi connectivity index (χ4n) is 7.70. The minimum atomic E-state index is 1.12. The quantitative estimate of drug-likeness (QED) is 0.169. The van der Waals surface area contributed by atoms with E-state index in [4.69, 9.17) is 0 Å². The van der Waals surface area contributed by atoms with Gasteiger partial charge in [0.25, 0.3) is 0 Å². The highest BCUT2D eigenvalue weighted by Crippen LogP contribution is 2.42. The summed E-state index contributed by atoms with van der Waals surface area (Å²) >= 11 is 1.86. The topological polar surface area (TPSA) is 3.24 Å². The normalized spacial score (nSPS) is 11.5. The van der Waals surface area contributed by atoms with Gasteiger partial charge in [-0.05, 0) is 110 Å². The molecule has 10 rings (SSSR count). The molecule has 0 aliphatic heterocycles. The lowest BCUT2D eigenvalue weighted by atomic mass is 9.93. The first-order chi connectivity index (χ1) is 25.8. The second-order valence-corrected chi connectivity index (χ2v) is 14.4. The van der Waals surface area contributed by atoms with E-state index in [-0.39, 0.29) is 0 Å². The molecule has 0 aliphatic rings. The Labute approximate surface area is 307 Å². The van der Waals surface area contributed by atoms with Crippen LogP contribution in [0.3, 0.4) is 0 Å². The van der Waals surface area contributed by atoms with Gasteiger partial charge in [0.15, 0.2) is 0 Å². The van der Waals surface area contributed by atoms with E-state index in [2.05, 4.69) is 205 Å². The second kappa shape index (κ2) is 12.7. The maximum atomic E-state index is 2.39. The minimum absolute atomic E-state index is 1.12. The Balaban J connectivity index is 1.10. The number of hydrogen-bond donors (Lipinski definition) is 0. The van der Waals surface area contributed by atoms with Crippen LogP contribution < -0.4 is 4.90 Å². The summed E-state index contributed by atoms with van der Waals surface area (Å²) < 4.78 is 2.60. The first-order valence-corrected chi connectivity index (χ1v) is 18.6. The van der Waals surface area contributed by atoms with Crippen LogP contribution in [0.25, 0.3) is 75.1 Å². The van der Waals surface area contributed by atoms with E-state index < -0.39 is 0 Å². The lowest BCUT2D eigenvalue weighted by Gasteiger charge is -2.26. The van der Waals surface area contributed by atoms with Crippen molar-refractivity contribution < 1.29 is 0 Å². The third kappa shape index (κ3) is 5.33. The molecule has 0 radical (unpaired) electrons. The zero-order chi connectivity index (χ0) is 34.4. The summed E-state index contributed by atoms with van der Waals surface area (Å²) in [5.41, 5.74) is 10.7. The average Bonchev–Trinajstić information content (AvgIpc) is 3.59. The first-order valence-electron chi connectivity index (χ1n) is 17.8. The molecule has 0 amide bonds. The van der Waals surface area contributed by atoms with Crippen molar-refractivity contribution in [3.05, 3.63) is 200 Å². The molecule has 0 N–H and O–H groups in total. The van der Waals surface area contributed by atoms with Crippen LogP contribution in [0.15, 0.2) is 200 Å². The zero-order valence-corrected chi connectivity index (χ0v) is 29.2. The largest absolute Gasteiger partial charge is 0.310 e. The predicted octanol–water partition coefficient (Wildman–Crippen LogP) is 14.8. The molecule has 0 aliphatic carbocycles. The van der Waals surface area contributed by atoms with Gasteiger partial charge >= 0.3 is 0 Å². The summed E-state index contributed by atoms with van der Waals surface area (Å²) in [5, 5.41) is 7.64. The highest BCUT2D eigenvalue weighted by Gasteiger charge is 2.17. The van der Waals surface area contributed by atoms with E-state index >= 15 is 0 Å². The molecule has 0 unspecified atom stereocenters. The van der Waals surface area contributed by atoms with Gasteiger partial charge in [-0.2, -0.15) is 0 Å². The second-order valence-electron chi connectivity index (χ2n) is 13.3. The van der Waals surface area contributed by atoms with Crippen LogP contribution in [0.4, 0.5) is 17.1 Å². The van der Waals surface area contributed by atoms with Crippen molar-refractivity contribution >= 4 is 70.1 Å². The lowest BCUT2D eigenvalue weighted by molar-refractivity contribution is 1.29. The van der Waals surface area contributed by atoms with Crippen molar-refractivity contribution in [1.82, 2.24) is 0 Å². The molecule has 244 valence electrons. The van der Waals surface area contributed by atoms with Crippen LogP contribution in [0, 0.1) is 0 Å². The van der Waals surface area contributed by atoms with Crippen LogP contribution in [0.5, 0.6) is 0 Å². The third-order valence-electron chi connectivity index (χ3n) is 10.3. The van der Waals surface area contributed by atoms with Crippen molar-refractivity contribution in [2.24, 2.45) is 0 Å². The molecule has 52 heavy (non-hydrogen) atoms. The Morgan fingerprint density at radius 2 is 0.846 bits per heavy atom. The van der Waals surface area contributed by atoms with Crippen molar-refractivity contribution in [3.8, 4) is 33.4 Å². The molecular formula is C50H33NS. The molecule has 1 nitrogen and oxygen atoms in total. The first kappa shape index (κ1) is 30.4. The number of thiophene rings is 1. The van der Waals surface area contributed by atoms with E-state index in [1.165, 1.54) is 75.1 Å². The van der Waals surface area contributed by atoms with Crippen LogP contribution in [-0.4, -0.2) is 0 Å². The summed E-state index contributed by atoms with van der Waals surface area (Å²) in [7, 11) is 0. The van der Waals surface area contributed by atoms with E-state index in [0.717, 1.165) is 17.1 Å². The maximum absolute atomic E-state index is 2.39. The van der Waals surface area contributed by atoms with Gasteiger partial charge in [-0.3, -0.25) is 0 Å². The van der Waals surface area contributed by atoms with Gasteiger partial charge < -0.3 is 4.90 Å². The smallest absolute Gasteiger partial charge is 0.0476 e. The average molecular weight is 680 g/mol. The number of benzene rings is 9. The Hall–Kier alpha value is -6.48. The number of anilines is 3. The Morgan fingerprint density at radius 1 is 0.288 bits per heavy atom. The van der Waals surface area contributed by atoms with Crippen molar-refractivity contribution in [3.63, 3.8) is 0 Å². The monoisotopic (exact) mass is 679 g/mol. The van der Waals surface area contributed by atoms with Crippen LogP contribution in [0.1, 0.15) is 0 Å². The van der Waals surface area contributed by atoms with E-state index in [0.29, 0.717) is 0 Å². The number of hydrogen-bond acceptors (Lipinski definition) is 2. The molecule has 1 aromatic heterocycles. The Morgan fingerprint density at radius 3 is 1.60 bits per heavy atom. The molecule has 10 aromatic rings. The molecule has 0 saturated heterocycles. The highest BCUT2D eigenvalue weighted by molar-refractivity contribution is 7.25. The Kier molecular flexibility index (Phi) is 7.41. The number of rotatable bonds is 6. The minimum Gasteiger partial charge on any atom is -0.310 e. The van der Waals surface area contributed by atoms with Crippen LogP contribution in [0.2, 0.25) is 0 Å². The van der Waals surface area contributed by atoms with Gasteiger partial charge in [-0.15, -0.1) is 11.3 Å². The van der Waals surface area contributed by atoms with Crippen molar-refractivity contribution in [2.75, 3.05) is 4.90 Å². The predicted molar refractivity (Wildman–Crippen MR) is 225 cm³/mol. The lowest BCUT2D eigenvalue weighted by Crippen LogP contribution is -2.09. The van der Waals surface area contributed by atoms with Gasteiger partial charge in [-0.1, -0.05) is 146 Å². The fourth-order valence-corrected chi connectivity index (χ4v) is 8.84. The van der Waals surface area contributed by atoms with Crippen molar-refractivity contribution in [2.45, 2.75) is 0 Å². The molecule has 0 atom stereocenters. The summed E-state index contributed by atoms with van der Waals surface area (Å²) in [6.45, 7) is 0. The number of nitrogens with zero attached hydrogens (tertiary/aromatic N) is 1. The summed E-state index contributed by atoms with van der Waals surface area (Å²) in [4.78, 5) is 2.39. The molecule has 9 aromatic carbocycles. The molecule has 0 saturated carbocycles. The number of fused-ring (bicyclic) bond motifs is 5. The maximum Gasteiger partial charge on any atom is 0.0476 e. The van der Waals surface area contributed by atoms with Gasteiger partial charge in [0, 0.05) is 37.2 Å². The third-order valence-corrected chi connectivity index (χ3v) is 11.4. The molecule has 2 heteroatoms. The molecule has 0 fully saturated rings. The van der Waals surface area contributed by atoms with Gasteiger partial charge in [-0.25, -0.2) is 0 Å². The molecular weight excluding hydrogens is 647 g/mol. The summed E-state index contributed by atoms with van der Waals surface area (Å²) in [6, 6.07) is 73.0. The van der Waals surface area contributed by atoms with Gasteiger partial charge in [0.05, 0.1) is 0 Å². The summed E-state index contributed by atoms with van der Waals surface area (Å²) in [6.07, 6.45) is 0. The fraction of sp³-hybridized carbons (Fsp3) is 0. The van der Waals surface area contributed by atoms with Gasteiger partial charge in [0.2, 0.25) is 0 Å². The van der Waals surface area contributed by atoms with Crippen LogP contribution in [-0.2, 0) is 0 Å². The molecule has 0 spiro atoms. The molecule has 1 heterocycles. The van der Waals surface area contributed by atoms with E-state index in [1.807, 2.05) is 11.3 Å². The van der Waals surface area contributed by atoms with Crippen LogP contribution >= 0.6 is 11.3 Å². The highest BCUT2D eigenvalue weighted by atomic mass is 32.1. The standard InChI is InChI=1S/C50H33NS/c1-2-11-34(12-3-1)39-31-38-14-5-7-17-45(38)48(32-39)37-23-27-41(28-24-37)51(42-29-30-47-46-18-8-9-20-49(46)52-50(47)33-42)40-25-21-36(22-26-40)44-19-10-15-35-13-4-6-16-43(35)44/h1-33H. The van der Waals surface area contributed by atoms with E-state index in [1.54, 1.807) is 0 Å². The molecule has 0 bridgehead atoms. The van der Waals surface area contributed by atoms with Crippen molar-refractivity contribution in [1.29, 1.82) is 0 Å². The van der Waals surface area contributed by atoms with Gasteiger partial charge in [0.1, 0.15) is 0 Å². The SMILES string of the molecule is c1ccc(-c2cc(-c3ccc(N(c4ccc(-c5cccc6ccccc56)cc4)c4ccc5c(c4)sc4ccccc45)cc3)c3ccccc3c2)cc1. The zero-order valence-electron chi connectivity index (χ0n) is 28.4. The van der Waals surface area contributed by atoms with E-state index in [9.17, 15) is 0 Å². The summed E-state index contributed by atoms with van der Waals surface area (Å²) in [5.74, 6) is 0.